The highest BCUT2D eigenvalue weighted by molar-refractivity contribution is 5.59. The number of hydrogen-bond acceptors (Lipinski definition) is 2. The fraction of sp³-hybridized carbons (Fsp3) is 0.167. The SMILES string of the molecule is [CH2]C(=C)c1ncnn1C. The van der Waals surface area contributed by atoms with Gasteiger partial charge in [-0.3, -0.25) is 0 Å². The van der Waals surface area contributed by atoms with Crippen LogP contribution in [-0.4, -0.2) is 14.8 Å². The lowest BCUT2D eigenvalue weighted by molar-refractivity contribution is 0.754. The van der Waals surface area contributed by atoms with Crippen LogP contribution in [-0.2, 0) is 7.05 Å². The van der Waals surface area contributed by atoms with Gasteiger partial charge in [-0.15, -0.1) is 0 Å². The van der Waals surface area contributed by atoms with Gasteiger partial charge < -0.3 is 0 Å². The van der Waals surface area contributed by atoms with E-state index in [0.29, 0.717) is 5.57 Å². The largest absolute Gasteiger partial charge is 0.249 e. The predicted octanol–water partition coefficient (Wildman–Crippen LogP) is 0.662. The molecule has 0 aromatic carbocycles. The smallest absolute Gasteiger partial charge is 0.153 e. The van der Waals surface area contributed by atoms with E-state index < -0.39 is 0 Å². The van der Waals surface area contributed by atoms with Gasteiger partial charge in [-0.2, -0.15) is 5.10 Å². The standard InChI is InChI=1S/C6H8N3/c1-5(2)6-7-4-8-9(6)3/h4H,1-2H2,3H3. The van der Waals surface area contributed by atoms with E-state index in [1.807, 2.05) is 0 Å². The quantitative estimate of drug-likeness (QED) is 0.548. The Labute approximate surface area is 54.0 Å². The molecule has 0 amide bonds. The Morgan fingerprint density at radius 2 is 2.44 bits per heavy atom. The molecule has 0 aliphatic carbocycles. The number of hydrogen-bond donors (Lipinski definition) is 0. The molecule has 0 saturated carbocycles. The predicted molar refractivity (Wildman–Crippen MR) is 35.4 cm³/mol. The third kappa shape index (κ3) is 0.988. The number of aromatic nitrogens is 3. The molecule has 0 spiro atoms. The number of allylic oxidation sites excluding steroid dienone is 1. The fourth-order valence-corrected chi connectivity index (χ4v) is 0.616. The van der Waals surface area contributed by atoms with E-state index in [2.05, 4.69) is 23.6 Å². The van der Waals surface area contributed by atoms with Crippen LogP contribution in [0.4, 0.5) is 0 Å². The van der Waals surface area contributed by atoms with Crippen LogP contribution in [0.5, 0.6) is 0 Å². The van der Waals surface area contributed by atoms with Crippen LogP contribution in [0, 0.1) is 6.92 Å². The van der Waals surface area contributed by atoms with Gasteiger partial charge in [0.1, 0.15) is 6.33 Å². The molecule has 1 aromatic rings. The summed E-state index contributed by atoms with van der Waals surface area (Å²) in [7, 11) is 1.80. The Morgan fingerprint density at radius 3 is 2.67 bits per heavy atom. The van der Waals surface area contributed by atoms with Crippen LogP contribution in [0.1, 0.15) is 5.82 Å². The first-order valence-electron chi connectivity index (χ1n) is 2.57. The van der Waals surface area contributed by atoms with Crippen molar-refractivity contribution in [3.05, 3.63) is 25.7 Å². The van der Waals surface area contributed by atoms with Crippen molar-refractivity contribution >= 4 is 5.57 Å². The normalized spacial score (nSPS) is 9.56. The number of rotatable bonds is 1. The van der Waals surface area contributed by atoms with E-state index in [1.54, 1.807) is 11.7 Å². The van der Waals surface area contributed by atoms with Crippen molar-refractivity contribution in [2.45, 2.75) is 0 Å². The summed E-state index contributed by atoms with van der Waals surface area (Å²) in [5, 5.41) is 3.84. The molecule has 0 aliphatic heterocycles. The Hall–Kier alpha value is -1.12. The summed E-state index contributed by atoms with van der Waals surface area (Å²) in [6, 6.07) is 0. The maximum Gasteiger partial charge on any atom is 0.153 e. The van der Waals surface area contributed by atoms with Crippen LogP contribution >= 0.6 is 0 Å². The summed E-state index contributed by atoms with van der Waals surface area (Å²) >= 11 is 0. The zero-order valence-electron chi connectivity index (χ0n) is 5.33. The Kier molecular flexibility index (Phi) is 1.34. The molecule has 1 rings (SSSR count). The van der Waals surface area contributed by atoms with Crippen LogP contribution in [0.3, 0.4) is 0 Å². The molecule has 0 saturated heterocycles. The van der Waals surface area contributed by atoms with E-state index >= 15 is 0 Å². The van der Waals surface area contributed by atoms with E-state index in [1.165, 1.54) is 6.33 Å². The van der Waals surface area contributed by atoms with Crippen LogP contribution in [0.25, 0.3) is 5.57 Å². The molecule has 0 atom stereocenters. The molecule has 9 heavy (non-hydrogen) atoms. The summed E-state index contributed by atoms with van der Waals surface area (Å²) in [6.45, 7) is 7.25. The minimum atomic E-state index is 0.690. The molecule has 0 fully saturated rings. The molecule has 47 valence electrons. The van der Waals surface area contributed by atoms with Crippen LogP contribution in [0.15, 0.2) is 12.9 Å². The van der Waals surface area contributed by atoms with Crippen molar-refractivity contribution < 1.29 is 0 Å². The van der Waals surface area contributed by atoms with E-state index in [0.717, 1.165) is 5.82 Å². The molecule has 0 aliphatic rings. The summed E-state index contributed by atoms with van der Waals surface area (Å²) < 4.78 is 1.63. The molecule has 1 aromatic heterocycles. The van der Waals surface area contributed by atoms with Crippen molar-refractivity contribution in [3.63, 3.8) is 0 Å². The summed E-state index contributed by atoms with van der Waals surface area (Å²) in [6.07, 6.45) is 1.48. The summed E-state index contributed by atoms with van der Waals surface area (Å²) in [5.41, 5.74) is 0.690. The van der Waals surface area contributed by atoms with Gasteiger partial charge in [0.25, 0.3) is 0 Å². The van der Waals surface area contributed by atoms with Gasteiger partial charge in [0.2, 0.25) is 0 Å². The minimum Gasteiger partial charge on any atom is -0.249 e. The number of aryl methyl sites for hydroxylation is 1. The van der Waals surface area contributed by atoms with Gasteiger partial charge in [0.15, 0.2) is 5.82 Å². The van der Waals surface area contributed by atoms with Crippen LogP contribution < -0.4 is 0 Å². The lowest BCUT2D eigenvalue weighted by Gasteiger charge is -1.94. The Bertz CT molecular complexity index is 224. The molecule has 1 heterocycles. The van der Waals surface area contributed by atoms with Gasteiger partial charge in [0.05, 0.1) is 0 Å². The average molecular weight is 122 g/mol. The lowest BCUT2D eigenvalue weighted by Crippen LogP contribution is -1.95. The summed E-state index contributed by atoms with van der Waals surface area (Å²) in [4.78, 5) is 3.91. The highest BCUT2D eigenvalue weighted by atomic mass is 15.3. The minimum absolute atomic E-state index is 0.690. The fourth-order valence-electron chi connectivity index (χ4n) is 0.616. The lowest BCUT2D eigenvalue weighted by atomic mass is 10.3. The second-order valence-corrected chi connectivity index (χ2v) is 1.81. The highest BCUT2D eigenvalue weighted by Gasteiger charge is 1.97. The maximum absolute atomic E-state index is 3.91. The summed E-state index contributed by atoms with van der Waals surface area (Å²) in [5.74, 6) is 0.731. The first-order valence-corrected chi connectivity index (χ1v) is 2.57. The highest BCUT2D eigenvalue weighted by Crippen LogP contribution is 2.02. The molecular formula is C6H8N3. The van der Waals surface area contributed by atoms with Gasteiger partial charge in [0, 0.05) is 7.05 Å². The third-order valence-corrected chi connectivity index (χ3v) is 1.03. The monoisotopic (exact) mass is 122 g/mol. The molecule has 0 unspecified atom stereocenters. The van der Waals surface area contributed by atoms with Crippen LogP contribution in [0.2, 0.25) is 0 Å². The molecule has 3 nitrogen and oxygen atoms in total. The molecule has 0 N–H and O–H groups in total. The number of nitrogens with zero attached hydrogens (tertiary/aromatic N) is 3. The van der Waals surface area contributed by atoms with Gasteiger partial charge in [-0.1, -0.05) is 6.58 Å². The first kappa shape index (κ1) is 6.01. The van der Waals surface area contributed by atoms with Crippen molar-refractivity contribution in [2.24, 2.45) is 7.05 Å². The van der Waals surface area contributed by atoms with Gasteiger partial charge in [-0.05, 0) is 12.5 Å². The molecular weight excluding hydrogens is 114 g/mol. The zero-order valence-corrected chi connectivity index (χ0v) is 5.33. The Balaban J connectivity index is 3.08. The topological polar surface area (TPSA) is 30.7 Å². The van der Waals surface area contributed by atoms with Gasteiger partial charge >= 0.3 is 0 Å². The van der Waals surface area contributed by atoms with Crippen molar-refractivity contribution in [2.75, 3.05) is 0 Å². The molecule has 1 radical (unpaired) electrons. The first-order chi connectivity index (χ1) is 4.22. The van der Waals surface area contributed by atoms with Gasteiger partial charge in [-0.25, -0.2) is 9.67 Å². The average Bonchev–Trinajstić information content (AvgIpc) is 2.13. The van der Waals surface area contributed by atoms with E-state index in [9.17, 15) is 0 Å². The second kappa shape index (κ2) is 2.01. The van der Waals surface area contributed by atoms with E-state index in [-0.39, 0.29) is 0 Å². The maximum atomic E-state index is 3.91. The second-order valence-electron chi connectivity index (χ2n) is 1.81. The van der Waals surface area contributed by atoms with E-state index in [4.69, 9.17) is 0 Å². The molecule has 3 heteroatoms. The van der Waals surface area contributed by atoms with Crippen molar-refractivity contribution in [1.82, 2.24) is 14.8 Å². The third-order valence-electron chi connectivity index (χ3n) is 1.03. The zero-order chi connectivity index (χ0) is 6.85. The van der Waals surface area contributed by atoms with Crippen molar-refractivity contribution in [1.29, 1.82) is 0 Å². The van der Waals surface area contributed by atoms with Crippen molar-refractivity contribution in [3.8, 4) is 0 Å². The molecule has 0 bridgehead atoms. The Morgan fingerprint density at radius 1 is 1.78 bits per heavy atom.